The molecule has 0 spiro atoms. The van der Waals surface area contributed by atoms with E-state index < -0.39 is 0 Å². The zero-order chi connectivity index (χ0) is 10.6. The van der Waals surface area contributed by atoms with E-state index in [0.717, 1.165) is 13.6 Å². The summed E-state index contributed by atoms with van der Waals surface area (Å²) in [4.78, 5) is 0. The van der Waals surface area contributed by atoms with Gasteiger partial charge in [-0.2, -0.15) is 5.10 Å². The molecule has 0 heterocycles. The lowest BCUT2D eigenvalue weighted by molar-refractivity contribution is 1.21. The van der Waals surface area contributed by atoms with Gasteiger partial charge >= 0.3 is 0 Å². The second-order valence-electron chi connectivity index (χ2n) is 2.44. The van der Waals surface area contributed by atoms with Crippen LogP contribution in [0.2, 0.25) is 0 Å². The van der Waals surface area contributed by atoms with Crippen LogP contribution in [0.15, 0.2) is 32.9 Å². The summed E-state index contributed by atoms with van der Waals surface area (Å²) >= 11 is 5.64. The highest BCUT2D eigenvalue weighted by Gasteiger charge is 1.96. The lowest BCUT2D eigenvalue weighted by Crippen LogP contribution is -2.21. The van der Waals surface area contributed by atoms with E-state index in [4.69, 9.17) is 11.5 Å². The molecule has 0 atom stereocenters. The summed E-state index contributed by atoms with van der Waals surface area (Å²) in [5.41, 5.74) is 11.2. The highest BCUT2D eigenvalue weighted by molar-refractivity contribution is 14.1. The van der Waals surface area contributed by atoms with Crippen molar-refractivity contribution in [3.8, 4) is 0 Å². The zero-order valence-corrected chi connectivity index (χ0v) is 10.9. The van der Waals surface area contributed by atoms with E-state index in [1.54, 1.807) is 6.21 Å². The lowest BCUT2D eigenvalue weighted by atomic mass is 10.2. The molecule has 0 aromatic heterocycles. The molecule has 0 aliphatic carbocycles. The minimum absolute atomic E-state index is 0.0529. The van der Waals surface area contributed by atoms with Gasteiger partial charge in [-0.25, -0.2) is 0 Å². The first-order valence-electron chi connectivity index (χ1n) is 3.66. The quantitative estimate of drug-likeness (QED) is 0.361. The predicted octanol–water partition coefficient (Wildman–Crippen LogP) is 1.66. The average molecular weight is 367 g/mol. The third kappa shape index (κ3) is 3.62. The summed E-state index contributed by atoms with van der Waals surface area (Å²) in [7, 11) is 0. The molecule has 0 radical (unpaired) electrons. The Balaban J connectivity index is 2.87. The van der Waals surface area contributed by atoms with Gasteiger partial charge in [-0.3, -0.25) is 0 Å². The normalized spacial score (nSPS) is 10.4. The molecule has 1 rings (SSSR count). The van der Waals surface area contributed by atoms with Crippen LogP contribution in [0.25, 0.3) is 0 Å². The molecule has 0 saturated heterocycles. The van der Waals surface area contributed by atoms with Crippen molar-refractivity contribution in [2.24, 2.45) is 21.7 Å². The van der Waals surface area contributed by atoms with Crippen molar-refractivity contribution in [1.82, 2.24) is 0 Å². The van der Waals surface area contributed by atoms with Crippen LogP contribution in [0.4, 0.5) is 0 Å². The van der Waals surface area contributed by atoms with Crippen LogP contribution < -0.4 is 11.5 Å². The van der Waals surface area contributed by atoms with E-state index in [2.05, 4.69) is 48.7 Å². The first-order chi connectivity index (χ1) is 6.59. The maximum absolute atomic E-state index is 5.12. The van der Waals surface area contributed by atoms with Gasteiger partial charge in [-0.1, -0.05) is 22.0 Å². The Hall–Kier alpha value is -0.630. The first kappa shape index (κ1) is 11.4. The standard InChI is InChI=1S/C8H8BrIN4/c9-7-3-6(10)2-1-5(7)4-13-14-8(11)12/h1-4H,(H4,11,12,14). The van der Waals surface area contributed by atoms with E-state index in [1.165, 1.54) is 0 Å². The lowest BCUT2D eigenvalue weighted by Gasteiger charge is -1.97. The van der Waals surface area contributed by atoms with Gasteiger partial charge in [0.2, 0.25) is 5.96 Å². The molecule has 0 unspecified atom stereocenters. The topological polar surface area (TPSA) is 76.8 Å². The summed E-state index contributed by atoms with van der Waals surface area (Å²) in [6, 6.07) is 5.89. The van der Waals surface area contributed by atoms with Gasteiger partial charge in [0.15, 0.2) is 0 Å². The van der Waals surface area contributed by atoms with Crippen LogP contribution >= 0.6 is 38.5 Å². The number of nitrogens with two attached hydrogens (primary N) is 2. The molecule has 0 fully saturated rings. The Kier molecular flexibility index (Phi) is 4.33. The molecule has 14 heavy (non-hydrogen) atoms. The summed E-state index contributed by atoms with van der Waals surface area (Å²) in [6.45, 7) is 0. The summed E-state index contributed by atoms with van der Waals surface area (Å²) in [5, 5.41) is 7.21. The molecule has 6 heteroatoms. The smallest absolute Gasteiger partial charge is 0.211 e. The Morgan fingerprint density at radius 2 is 2.14 bits per heavy atom. The molecule has 0 bridgehead atoms. The average Bonchev–Trinajstić information content (AvgIpc) is 2.08. The van der Waals surface area contributed by atoms with E-state index >= 15 is 0 Å². The van der Waals surface area contributed by atoms with Crippen LogP contribution in [0.1, 0.15) is 5.56 Å². The molecule has 0 aliphatic rings. The number of rotatable bonds is 2. The van der Waals surface area contributed by atoms with Crippen LogP contribution in [-0.2, 0) is 0 Å². The van der Waals surface area contributed by atoms with Crippen molar-refractivity contribution in [3.05, 3.63) is 31.8 Å². The summed E-state index contributed by atoms with van der Waals surface area (Å²) in [6.07, 6.45) is 1.58. The van der Waals surface area contributed by atoms with E-state index in [9.17, 15) is 0 Å². The Bertz CT molecular complexity index is 385. The number of benzene rings is 1. The molecule has 1 aromatic carbocycles. The van der Waals surface area contributed by atoms with Gasteiger partial charge in [0.05, 0.1) is 6.21 Å². The second kappa shape index (κ2) is 5.30. The fourth-order valence-corrected chi connectivity index (χ4v) is 2.16. The Morgan fingerprint density at radius 1 is 1.43 bits per heavy atom. The Labute approximate surface area is 104 Å². The second-order valence-corrected chi connectivity index (χ2v) is 4.54. The molecule has 74 valence electrons. The van der Waals surface area contributed by atoms with Crippen molar-refractivity contribution in [1.29, 1.82) is 0 Å². The molecule has 0 aliphatic heterocycles. The molecule has 1 aromatic rings. The van der Waals surface area contributed by atoms with Gasteiger partial charge in [-0.05, 0) is 34.7 Å². The summed E-state index contributed by atoms with van der Waals surface area (Å²) < 4.78 is 2.10. The highest BCUT2D eigenvalue weighted by Crippen LogP contribution is 2.18. The fourth-order valence-electron chi connectivity index (χ4n) is 0.764. The summed E-state index contributed by atoms with van der Waals surface area (Å²) in [5.74, 6) is -0.0529. The van der Waals surface area contributed by atoms with Gasteiger partial charge < -0.3 is 11.5 Å². The first-order valence-corrected chi connectivity index (χ1v) is 5.54. The van der Waals surface area contributed by atoms with Crippen LogP contribution in [0.3, 0.4) is 0 Å². The Morgan fingerprint density at radius 3 is 2.71 bits per heavy atom. The van der Waals surface area contributed by atoms with Crippen molar-refractivity contribution >= 4 is 50.7 Å². The van der Waals surface area contributed by atoms with Gasteiger partial charge in [-0.15, -0.1) is 5.10 Å². The monoisotopic (exact) mass is 366 g/mol. The van der Waals surface area contributed by atoms with Crippen molar-refractivity contribution < 1.29 is 0 Å². The molecule has 4 nitrogen and oxygen atoms in total. The van der Waals surface area contributed by atoms with Crippen LogP contribution in [0, 0.1) is 3.57 Å². The van der Waals surface area contributed by atoms with E-state index in [-0.39, 0.29) is 5.96 Å². The van der Waals surface area contributed by atoms with Crippen LogP contribution in [-0.4, -0.2) is 12.2 Å². The van der Waals surface area contributed by atoms with Crippen LogP contribution in [0.5, 0.6) is 0 Å². The fraction of sp³-hybridized carbons (Fsp3) is 0. The zero-order valence-electron chi connectivity index (χ0n) is 7.11. The number of guanidine groups is 1. The SMILES string of the molecule is NC(N)=NN=Cc1ccc(I)cc1Br. The van der Waals surface area contributed by atoms with Crippen molar-refractivity contribution in [2.75, 3.05) is 0 Å². The minimum Gasteiger partial charge on any atom is -0.369 e. The molecule has 0 amide bonds. The minimum atomic E-state index is -0.0529. The maximum atomic E-state index is 5.12. The molecule has 0 saturated carbocycles. The number of halogens is 2. The third-order valence-electron chi connectivity index (χ3n) is 1.33. The maximum Gasteiger partial charge on any atom is 0.211 e. The number of hydrogen-bond acceptors (Lipinski definition) is 2. The highest BCUT2D eigenvalue weighted by atomic mass is 127. The predicted molar refractivity (Wildman–Crippen MR) is 70.3 cm³/mol. The van der Waals surface area contributed by atoms with E-state index in [0.29, 0.717) is 0 Å². The number of nitrogens with zero attached hydrogens (tertiary/aromatic N) is 2. The van der Waals surface area contributed by atoms with Crippen molar-refractivity contribution in [3.63, 3.8) is 0 Å². The largest absolute Gasteiger partial charge is 0.369 e. The van der Waals surface area contributed by atoms with Gasteiger partial charge in [0.25, 0.3) is 0 Å². The van der Waals surface area contributed by atoms with Gasteiger partial charge in [0, 0.05) is 13.6 Å². The van der Waals surface area contributed by atoms with Crippen molar-refractivity contribution in [2.45, 2.75) is 0 Å². The molecule has 4 N–H and O–H groups in total. The van der Waals surface area contributed by atoms with Gasteiger partial charge in [0.1, 0.15) is 0 Å². The third-order valence-corrected chi connectivity index (χ3v) is 2.69. The molecular formula is C8H8BrIN4. The molecular weight excluding hydrogens is 359 g/mol. The van der Waals surface area contributed by atoms with E-state index in [1.807, 2.05) is 18.2 Å². The number of hydrogen-bond donors (Lipinski definition) is 2.